The Morgan fingerprint density at radius 1 is 0.568 bits per heavy atom. The SMILES string of the molecule is CC(=O)Oc1ccccc1C(=O)OCC(C)SCCCCCCCCCCSC(C)COC(=O)c1ccccc1OC(C)=O. The van der Waals surface area contributed by atoms with E-state index in [0.29, 0.717) is 13.2 Å². The van der Waals surface area contributed by atoms with Crippen LogP contribution in [-0.4, -0.2) is 59.1 Å². The van der Waals surface area contributed by atoms with Gasteiger partial charge in [-0.15, -0.1) is 0 Å². The largest absolute Gasteiger partial charge is 0.461 e. The Balaban J connectivity index is 1.43. The molecule has 0 spiro atoms. The van der Waals surface area contributed by atoms with E-state index in [1.807, 2.05) is 0 Å². The maximum atomic E-state index is 12.4. The van der Waals surface area contributed by atoms with Crippen molar-refractivity contribution < 1.29 is 38.1 Å². The fraction of sp³-hybridized carbons (Fsp3) is 0.529. The summed E-state index contributed by atoms with van der Waals surface area (Å²) in [5, 5.41) is 0.382. The first-order valence-corrected chi connectivity index (χ1v) is 17.4. The maximum absolute atomic E-state index is 12.4. The van der Waals surface area contributed by atoms with Crippen LogP contribution in [0.1, 0.15) is 99.8 Å². The quantitative estimate of drug-likeness (QED) is 0.0755. The molecule has 8 nitrogen and oxygen atoms in total. The number of carbonyl (C=O) groups excluding carboxylic acids is 4. The van der Waals surface area contributed by atoms with Gasteiger partial charge in [-0.05, 0) is 62.5 Å². The van der Waals surface area contributed by atoms with E-state index < -0.39 is 23.9 Å². The molecule has 0 aromatic heterocycles. The lowest BCUT2D eigenvalue weighted by atomic mass is 10.1. The van der Waals surface area contributed by atoms with Gasteiger partial charge < -0.3 is 18.9 Å². The fourth-order valence-corrected chi connectivity index (χ4v) is 6.10. The molecule has 2 unspecified atom stereocenters. The fourth-order valence-electron chi connectivity index (χ4n) is 4.23. The summed E-state index contributed by atoms with van der Waals surface area (Å²) in [6.07, 6.45) is 9.64. The Morgan fingerprint density at radius 2 is 0.909 bits per heavy atom. The van der Waals surface area contributed by atoms with E-state index in [-0.39, 0.29) is 33.1 Å². The van der Waals surface area contributed by atoms with Crippen LogP contribution in [0.15, 0.2) is 48.5 Å². The first-order valence-electron chi connectivity index (χ1n) is 15.3. The number of esters is 4. The number of carbonyl (C=O) groups is 4. The second kappa shape index (κ2) is 21.7. The number of thioether (sulfide) groups is 2. The summed E-state index contributed by atoms with van der Waals surface area (Å²) in [5.74, 6) is 0.590. The molecule has 0 aliphatic rings. The van der Waals surface area contributed by atoms with Crippen molar-refractivity contribution in [3.8, 4) is 11.5 Å². The summed E-state index contributed by atoms with van der Waals surface area (Å²) >= 11 is 3.61. The first kappa shape index (κ1) is 37.2. The summed E-state index contributed by atoms with van der Waals surface area (Å²) in [4.78, 5) is 47.3. The van der Waals surface area contributed by atoms with Crippen molar-refractivity contribution in [1.29, 1.82) is 0 Å². The third kappa shape index (κ3) is 15.7. The molecule has 2 aromatic carbocycles. The van der Waals surface area contributed by atoms with E-state index in [0.717, 1.165) is 24.3 Å². The molecule has 0 aliphatic carbocycles. The zero-order valence-corrected chi connectivity index (χ0v) is 28.0. The molecule has 44 heavy (non-hydrogen) atoms. The van der Waals surface area contributed by atoms with E-state index in [9.17, 15) is 19.2 Å². The number of hydrogen-bond acceptors (Lipinski definition) is 10. The molecule has 0 amide bonds. The molecule has 2 aromatic rings. The lowest BCUT2D eigenvalue weighted by Crippen LogP contribution is -2.15. The molecule has 10 heteroatoms. The molecule has 0 aliphatic heterocycles. The summed E-state index contributed by atoms with van der Waals surface area (Å²) in [5.41, 5.74) is 0.515. The van der Waals surface area contributed by atoms with Gasteiger partial charge >= 0.3 is 23.9 Å². The minimum atomic E-state index is -0.482. The molecule has 0 fully saturated rings. The predicted molar refractivity (Wildman–Crippen MR) is 177 cm³/mol. The second-order valence-corrected chi connectivity index (χ2v) is 13.7. The highest BCUT2D eigenvalue weighted by Crippen LogP contribution is 2.22. The molecular formula is C34H46O8S2. The summed E-state index contributed by atoms with van der Waals surface area (Å²) < 4.78 is 21.1. The Kier molecular flexibility index (Phi) is 18.3. The van der Waals surface area contributed by atoms with Crippen LogP contribution >= 0.6 is 23.5 Å². The number of benzene rings is 2. The molecular weight excluding hydrogens is 601 g/mol. The minimum Gasteiger partial charge on any atom is -0.461 e. The Labute approximate surface area is 270 Å². The smallest absolute Gasteiger partial charge is 0.341 e. The van der Waals surface area contributed by atoms with Gasteiger partial charge in [-0.25, -0.2) is 9.59 Å². The molecule has 0 radical (unpaired) electrons. The zero-order valence-electron chi connectivity index (χ0n) is 26.3. The van der Waals surface area contributed by atoms with Crippen molar-refractivity contribution >= 4 is 47.4 Å². The Morgan fingerprint density at radius 3 is 1.27 bits per heavy atom. The van der Waals surface area contributed by atoms with Gasteiger partial charge in [0.25, 0.3) is 0 Å². The Hall–Kier alpha value is -2.98. The van der Waals surface area contributed by atoms with E-state index in [2.05, 4.69) is 13.8 Å². The van der Waals surface area contributed by atoms with Gasteiger partial charge in [0.05, 0.1) is 0 Å². The van der Waals surface area contributed by atoms with Gasteiger partial charge in [0.2, 0.25) is 0 Å². The van der Waals surface area contributed by atoms with Gasteiger partial charge in [0.15, 0.2) is 0 Å². The van der Waals surface area contributed by atoms with Gasteiger partial charge in [-0.3, -0.25) is 9.59 Å². The molecule has 0 N–H and O–H groups in total. The van der Waals surface area contributed by atoms with Crippen LogP contribution in [0.2, 0.25) is 0 Å². The highest BCUT2D eigenvalue weighted by Gasteiger charge is 2.17. The zero-order chi connectivity index (χ0) is 32.2. The number of para-hydroxylation sites is 2. The van der Waals surface area contributed by atoms with Crippen LogP contribution in [0.5, 0.6) is 11.5 Å². The molecule has 2 atom stereocenters. The standard InChI is InChI=1S/C34H46O8S2/c1-25(23-39-33(37)29-17-11-13-19-31(29)41-27(3)35)43-21-15-9-7-5-6-8-10-16-22-44-26(2)24-40-34(38)30-18-12-14-20-32(30)42-28(4)36/h11-14,17-20,25-26H,5-10,15-16,21-24H2,1-4H3. The number of unbranched alkanes of at least 4 members (excludes halogenated alkanes) is 7. The second-order valence-electron chi connectivity index (χ2n) is 10.6. The van der Waals surface area contributed by atoms with Crippen LogP contribution in [-0.2, 0) is 19.1 Å². The third-order valence-electron chi connectivity index (χ3n) is 6.46. The molecule has 2 rings (SSSR count). The first-order chi connectivity index (χ1) is 21.2. The number of hydrogen-bond donors (Lipinski definition) is 0. The van der Waals surface area contributed by atoms with Crippen molar-refractivity contribution in [2.45, 2.75) is 89.6 Å². The Bertz CT molecular complexity index is 1090. The lowest BCUT2D eigenvalue weighted by Gasteiger charge is -2.13. The van der Waals surface area contributed by atoms with E-state index in [1.54, 1.807) is 72.1 Å². The maximum Gasteiger partial charge on any atom is 0.341 e. The van der Waals surface area contributed by atoms with Gasteiger partial charge in [-0.1, -0.05) is 62.8 Å². The van der Waals surface area contributed by atoms with Crippen molar-refractivity contribution in [3.05, 3.63) is 59.7 Å². The van der Waals surface area contributed by atoms with Gasteiger partial charge in [0, 0.05) is 24.3 Å². The molecule has 0 heterocycles. The van der Waals surface area contributed by atoms with Gasteiger partial charge in [-0.2, -0.15) is 23.5 Å². The number of ether oxygens (including phenoxy) is 4. The molecule has 242 valence electrons. The van der Waals surface area contributed by atoms with E-state index >= 15 is 0 Å². The van der Waals surface area contributed by atoms with Crippen molar-refractivity contribution in [3.63, 3.8) is 0 Å². The molecule has 0 bridgehead atoms. The van der Waals surface area contributed by atoms with E-state index in [1.165, 1.54) is 52.4 Å². The van der Waals surface area contributed by atoms with Crippen molar-refractivity contribution in [2.75, 3.05) is 24.7 Å². The normalized spacial score (nSPS) is 12.2. The molecule has 0 saturated heterocycles. The van der Waals surface area contributed by atoms with Crippen LogP contribution in [0.25, 0.3) is 0 Å². The summed E-state index contributed by atoms with van der Waals surface area (Å²) in [6.45, 7) is 7.32. The molecule has 0 saturated carbocycles. The summed E-state index contributed by atoms with van der Waals surface area (Å²) in [7, 11) is 0. The highest BCUT2D eigenvalue weighted by molar-refractivity contribution is 8.00. The van der Waals surface area contributed by atoms with Gasteiger partial charge in [0.1, 0.15) is 35.8 Å². The summed E-state index contributed by atoms with van der Waals surface area (Å²) in [6, 6.07) is 13.2. The van der Waals surface area contributed by atoms with E-state index in [4.69, 9.17) is 18.9 Å². The van der Waals surface area contributed by atoms with Crippen LogP contribution in [0, 0.1) is 0 Å². The van der Waals surface area contributed by atoms with Crippen molar-refractivity contribution in [2.24, 2.45) is 0 Å². The third-order valence-corrected chi connectivity index (χ3v) is 8.92. The minimum absolute atomic E-state index is 0.191. The highest BCUT2D eigenvalue weighted by atomic mass is 32.2. The number of rotatable bonds is 21. The predicted octanol–water partition coefficient (Wildman–Crippen LogP) is 7.92. The van der Waals surface area contributed by atoms with Crippen LogP contribution < -0.4 is 9.47 Å². The topological polar surface area (TPSA) is 105 Å². The average molecular weight is 647 g/mol. The monoisotopic (exact) mass is 646 g/mol. The van der Waals surface area contributed by atoms with Crippen LogP contribution in [0.3, 0.4) is 0 Å². The van der Waals surface area contributed by atoms with Crippen molar-refractivity contribution in [1.82, 2.24) is 0 Å². The average Bonchev–Trinajstić information content (AvgIpc) is 2.99. The lowest BCUT2D eigenvalue weighted by molar-refractivity contribution is -0.132. The van der Waals surface area contributed by atoms with Crippen LogP contribution in [0.4, 0.5) is 0 Å².